The third-order valence-corrected chi connectivity index (χ3v) is 4.41. The van der Waals surface area contributed by atoms with Gasteiger partial charge in [0.15, 0.2) is 0 Å². The molecule has 0 aliphatic carbocycles. The van der Waals surface area contributed by atoms with Crippen LogP contribution in [0.5, 0.6) is 0 Å². The van der Waals surface area contributed by atoms with Gasteiger partial charge in [-0.25, -0.2) is 0 Å². The number of halogens is 2. The molecule has 1 aliphatic rings. The second-order valence-electron chi connectivity index (χ2n) is 4.96. The van der Waals surface area contributed by atoms with Gasteiger partial charge in [-0.15, -0.1) is 0 Å². The second-order valence-corrected chi connectivity index (χ2v) is 5.77. The molecule has 1 saturated heterocycles. The lowest BCUT2D eigenvalue weighted by Gasteiger charge is -2.39. The predicted molar refractivity (Wildman–Crippen MR) is 76.4 cm³/mol. The normalized spacial score (nSPS) is 25.3. The third-order valence-electron chi connectivity index (χ3n) is 3.67. The number of nitrogens with zero attached hydrogens (tertiary/aromatic N) is 1. The molecule has 0 radical (unpaired) electrons. The van der Waals surface area contributed by atoms with Crippen molar-refractivity contribution in [2.75, 3.05) is 27.3 Å². The standard InChI is InChI=1S/C14H19Cl2NO/c1-17-7-3-4-11(9-18-2)14(17)10-5-6-12(15)13(16)8-10/h5-6,8,11,14H,3-4,7,9H2,1-2H3/t11-,14+/m0/s1. The molecule has 0 aromatic heterocycles. The Labute approximate surface area is 119 Å². The third kappa shape index (κ3) is 3.00. The summed E-state index contributed by atoms with van der Waals surface area (Å²) in [4.78, 5) is 2.38. The first-order valence-electron chi connectivity index (χ1n) is 6.27. The first kappa shape index (κ1) is 14.1. The lowest BCUT2D eigenvalue weighted by atomic mass is 9.85. The van der Waals surface area contributed by atoms with E-state index in [4.69, 9.17) is 27.9 Å². The van der Waals surface area contributed by atoms with Crippen molar-refractivity contribution in [2.24, 2.45) is 5.92 Å². The lowest BCUT2D eigenvalue weighted by Crippen LogP contribution is -2.37. The van der Waals surface area contributed by atoms with Crippen molar-refractivity contribution in [1.29, 1.82) is 0 Å². The van der Waals surface area contributed by atoms with Crippen molar-refractivity contribution < 1.29 is 4.74 Å². The summed E-state index contributed by atoms with van der Waals surface area (Å²) >= 11 is 12.1. The summed E-state index contributed by atoms with van der Waals surface area (Å²) in [5.74, 6) is 0.519. The molecule has 0 N–H and O–H groups in total. The number of likely N-dealkylation sites (tertiary alicyclic amines) is 1. The Kier molecular flexibility index (Phi) is 4.91. The average Bonchev–Trinajstić information content (AvgIpc) is 2.34. The van der Waals surface area contributed by atoms with Crippen LogP contribution in [0.15, 0.2) is 18.2 Å². The van der Waals surface area contributed by atoms with Crippen LogP contribution in [0.1, 0.15) is 24.4 Å². The number of hydrogen-bond donors (Lipinski definition) is 0. The zero-order chi connectivity index (χ0) is 13.1. The number of methoxy groups -OCH3 is 1. The van der Waals surface area contributed by atoms with Gasteiger partial charge in [0, 0.05) is 19.1 Å². The van der Waals surface area contributed by atoms with Gasteiger partial charge in [0.1, 0.15) is 0 Å². The fourth-order valence-corrected chi connectivity index (χ4v) is 3.18. The number of piperidine rings is 1. The van der Waals surface area contributed by atoms with Crippen LogP contribution in [0, 0.1) is 5.92 Å². The summed E-state index contributed by atoms with van der Waals surface area (Å²) < 4.78 is 5.35. The van der Waals surface area contributed by atoms with Crippen molar-refractivity contribution in [3.05, 3.63) is 33.8 Å². The fraction of sp³-hybridized carbons (Fsp3) is 0.571. The molecule has 0 spiro atoms. The zero-order valence-corrected chi connectivity index (χ0v) is 12.3. The van der Waals surface area contributed by atoms with Crippen molar-refractivity contribution in [3.63, 3.8) is 0 Å². The summed E-state index contributed by atoms with van der Waals surface area (Å²) in [7, 11) is 3.93. The summed E-state index contributed by atoms with van der Waals surface area (Å²) in [6.07, 6.45) is 2.42. The van der Waals surface area contributed by atoms with Crippen molar-refractivity contribution >= 4 is 23.2 Å². The Morgan fingerprint density at radius 2 is 2.11 bits per heavy atom. The van der Waals surface area contributed by atoms with E-state index in [2.05, 4.69) is 18.0 Å². The maximum Gasteiger partial charge on any atom is 0.0595 e. The molecule has 2 atom stereocenters. The number of rotatable bonds is 3. The van der Waals surface area contributed by atoms with Crippen LogP contribution in [0.2, 0.25) is 10.0 Å². The molecule has 4 heteroatoms. The summed E-state index contributed by atoms with van der Waals surface area (Å²) in [6.45, 7) is 1.90. The van der Waals surface area contributed by atoms with E-state index in [1.165, 1.54) is 18.4 Å². The smallest absolute Gasteiger partial charge is 0.0595 e. The molecule has 0 saturated carbocycles. The number of ether oxygens (including phenoxy) is 1. The first-order chi connectivity index (χ1) is 8.63. The molecule has 100 valence electrons. The molecule has 1 aliphatic heterocycles. The van der Waals surface area contributed by atoms with Gasteiger partial charge in [0.05, 0.1) is 16.7 Å². The quantitative estimate of drug-likeness (QED) is 0.833. The number of benzene rings is 1. The van der Waals surface area contributed by atoms with E-state index in [9.17, 15) is 0 Å². The van der Waals surface area contributed by atoms with E-state index in [0.29, 0.717) is 22.0 Å². The van der Waals surface area contributed by atoms with Gasteiger partial charge < -0.3 is 4.74 Å². The van der Waals surface area contributed by atoms with Crippen LogP contribution >= 0.6 is 23.2 Å². The first-order valence-corrected chi connectivity index (χ1v) is 7.03. The molecule has 0 amide bonds. The highest BCUT2D eigenvalue weighted by molar-refractivity contribution is 6.42. The van der Waals surface area contributed by atoms with Gasteiger partial charge in [-0.05, 0) is 44.1 Å². The van der Waals surface area contributed by atoms with E-state index in [1.807, 2.05) is 12.1 Å². The molecular formula is C14H19Cl2NO. The second kappa shape index (κ2) is 6.25. The molecule has 1 aromatic carbocycles. The minimum absolute atomic E-state index is 0.369. The van der Waals surface area contributed by atoms with Gasteiger partial charge in [0.2, 0.25) is 0 Å². The Morgan fingerprint density at radius 3 is 2.78 bits per heavy atom. The topological polar surface area (TPSA) is 12.5 Å². The summed E-state index contributed by atoms with van der Waals surface area (Å²) in [5.41, 5.74) is 1.23. The highest BCUT2D eigenvalue weighted by atomic mass is 35.5. The minimum Gasteiger partial charge on any atom is -0.384 e. The van der Waals surface area contributed by atoms with E-state index in [0.717, 1.165) is 13.2 Å². The predicted octanol–water partition coefficient (Wildman–Crippen LogP) is 4.02. The molecule has 2 nitrogen and oxygen atoms in total. The Morgan fingerprint density at radius 1 is 1.33 bits per heavy atom. The largest absolute Gasteiger partial charge is 0.384 e. The van der Waals surface area contributed by atoms with E-state index < -0.39 is 0 Å². The average molecular weight is 288 g/mol. The maximum atomic E-state index is 6.12. The Bertz CT molecular complexity index is 409. The van der Waals surface area contributed by atoms with Gasteiger partial charge >= 0.3 is 0 Å². The number of hydrogen-bond acceptors (Lipinski definition) is 2. The van der Waals surface area contributed by atoms with Crippen molar-refractivity contribution in [3.8, 4) is 0 Å². The van der Waals surface area contributed by atoms with Crippen LogP contribution in [-0.2, 0) is 4.74 Å². The van der Waals surface area contributed by atoms with Gasteiger partial charge in [-0.1, -0.05) is 29.3 Å². The van der Waals surface area contributed by atoms with E-state index in [-0.39, 0.29) is 0 Å². The Balaban J connectivity index is 2.28. The van der Waals surface area contributed by atoms with E-state index in [1.54, 1.807) is 7.11 Å². The van der Waals surface area contributed by atoms with Crippen LogP contribution in [0.3, 0.4) is 0 Å². The van der Waals surface area contributed by atoms with Crippen LogP contribution in [0.25, 0.3) is 0 Å². The van der Waals surface area contributed by atoms with Crippen molar-refractivity contribution in [2.45, 2.75) is 18.9 Å². The maximum absolute atomic E-state index is 6.12. The molecule has 0 unspecified atom stereocenters. The SMILES string of the molecule is COC[C@@H]1CCCN(C)[C@@H]1c1ccc(Cl)c(Cl)c1. The molecular weight excluding hydrogens is 269 g/mol. The monoisotopic (exact) mass is 287 g/mol. The zero-order valence-electron chi connectivity index (χ0n) is 10.8. The minimum atomic E-state index is 0.369. The van der Waals surface area contributed by atoms with Crippen LogP contribution < -0.4 is 0 Å². The molecule has 18 heavy (non-hydrogen) atoms. The van der Waals surface area contributed by atoms with Crippen molar-refractivity contribution in [1.82, 2.24) is 4.90 Å². The van der Waals surface area contributed by atoms with Gasteiger partial charge in [0.25, 0.3) is 0 Å². The molecule has 2 rings (SSSR count). The molecule has 1 heterocycles. The highest BCUT2D eigenvalue weighted by Gasteiger charge is 2.30. The van der Waals surface area contributed by atoms with Crippen LogP contribution in [0.4, 0.5) is 0 Å². The van der Waals surface area contributed by atoms with Crippen LogP contribution in [-0.4, -0.2) is 32.2 Å². The summed E-state index contributed by atoms with van der Waals surface area (Å²) in [5, 5.41) is 1.24. The lowest BCUT2D eigenvalue weighted by molar-refractivity contribution is 0.0527. The van der Waals surface area contributed by atoms with Gasteiger partial charge in [-0.2, -0.15) is 0 Å². The molecule has 1 aromatic rings. The summed E-state index contributed by atoms with van der Waals surface area (Å²) in [6, 6.07) is 6.31. The molecule has 1 fully saturated rings. The van der Waals surface area contributed by atoms with E-state index >= 15 is 0 Å². The Hall–Kier alpha value is -0.280. The fourth-order valence-electron chi connectivity index (χ4n) is 2.87. The van der Waals surface area contributed by atoms with Gasteiger partial charge in [-0.3, -0.25) is 4.90 Å². The highest BCUT2D eigenvalue weighted by Crippen LogP contribution is 2.37. The molecule has 0 bridgehead atoms.